The first-order chi connectivity index (χ1) is 9.02. The highest BCUT2D eigenvalue weighted by Gasteiger charge is 2.14. The molecule has 0 radical (unpaired) electrons. The van der Waals surface area contributed by atoms with Crippen molar-refractivity contribution in [1.82, 2.24) is 0 Å². The average Bonchev–Trinajstić information content (AvgIpc) is 2.41. The predicted molar refractivity (Wildman–Crippen MR) is 76.0 cm³/mol. The van der Waals surface area contributed by atoms with E-state index in [-0.39, 0.29) is 5.82 Å². The molecule has 19 heavy (non-hydrogen) atoms. The Morgan fingerprint density at radius 1 is 1.21 bits per heavy atom. The van der Waals surface area contributed by atoms with E-state index >= 15 is 0 Å². The fourth-order valence-electron chi connectivity index (χ4n) is 1.85. The summed E-state index contributed by atoms with van der Waals surface area (Å²) >= 11 is 6.23. The summed E-state index contributed by atoms with van der Waals surface area (Å²) in [6.45, 7) is 0. The third kappa shape index (κ3) is 2.74. The molecule has 4 N–H and O–H groups in total. The molecule has 2 rings (SSSR count). The number of nitrogens with two attached hydrogens (primary N) is 2. The number of ether oxygens (including phenoxy) is 1. The van der Waals surface area contributed by atoms with Crippen LogP contribution in [0.2, 0.25) is 5.02 Å². The third-order valence-corrected chi connectivity index (χ3v) is 3.33. The van der Waals surface area contributed by atoms with Gasteiger partial charge in [-0.25, -0.2) is 4.39 Å². The van der Waals surface area contributed by atoms with E-state index in [2.05, 4.69) is 0 Å². The van der Waals surface area contributed by atoms with Gasteiger partial charge in [-0.1, -0.05) is 23.7 Å². The summed E-state index contributed by atoms with van der Waals surface area (Å²) in [6.07, 6.45) is 0.465. The van der Waals surface area contributed by atoms with Crippen molar-refractivity contribution in [1.29, 1.82) is 0 Å². The standard InChI is InChI=1S/C14H14ClFN2O/c1-19-12-7-11(17)14(18)10(13(12)15)6-8-2-4-9(16)5-3-8/h2-5,7H,6,17-18H2,1H3. The van der Waals surface area contributed by atoms with E-state index in [9.17, 15) is 4.39 Å². The van der Waals surface area contributed by atoms with Gasteiger partial charge in [0.25, 0.3) is 0 Å². The van der Waals surface area contributed by atoms with E-state index < -0.39 is 0 Å². The molecule has 0 aliphatic rings. The van der Waals surface area contributed by atoms with Crippen LogP contribution in [0.25, 0.3) is 0 Å². The van der Waals surface area contributed by atoms with E-state index in [0.717, 1.165) is 5.56 Å². The lowest BCUT2D eigenvalue weighted by Gasteiger charge is -2.14. The van der Waals surface area contributed by atoms with Crippen LogP contribution in [0, 0.1) is 5.82 Å². The molecule has 5 heteroatoms. The summed E-state index contributed by atoms with van der Waals surface area (Å²) in [7, 11) is 1.51. The number of halogens is 2. The smallest absolute Gasteiger partial charge is 0.139 e. The van der Waals surface area contributed by atoms with Gasteiger partial charge in [0.05, 0.1) is 23.5 Å². The minimum Gasteiger partial charge on any atom is -0.495 e. The van der Waals surface area contributed by atoms with Gasteiger partial charge in [-0.3, -0.25) is 0 Å². The molecule has 0 amide bonds. The zero-order valence-electron chi connectivity index (χ0n) is 10.4. The van der Waals surface area contributed by atoms with Crippen molar-refractivity contribution in [2.75, 3.05) is 18.6 Å². The van der Waals surface area contributed by atoms with Crippen molar-refractivity contribution in [2.24, 2.45) is 0 Å². The highest BCUT2D eigenvalue weighted by atomic mass is 35.5. The Hall–Kier alpha value is -1.94. The predicted octanol–water partition coefficient (Wildman–Crippen LogP) is 3.24. The molecule has 0 saturated carbocycles. The maximum atomic E-state index is 12.9. The van der Waals surface area contributed by atoms with Crippen LogP contribution in [0.15, 0.2) is 30.3 Å². The number of benzene rings is 2. The van der Waals surface area contributed by atoms with Gasteiger partial charge in [0.1, 0.15) is 11.6 Å². The second kappa shape index (κ2) is 5.36. The maximum absolute atomic E-state index is 12.9. The molecule has 2 aromatic rings. The number of rotatable bonds is 3. The highest BCUT2D eigenvalue weighted by Crippen LogP contribution is 2.37. The van der Waals surface area contributed by atoms with Crippen LogP contribution in [0.1, 0.15) is 11.1 Å². The number of hydrogen-bond acceptors (Lipinski definition) is 3. The highest BCUT2D eigenvalue weighted by molar-refractivity contribution is 6.33. The molecule has 100 valence electrons. The molecule has 0 bridgehead atoms. The van der Waals surface area contributed by atoms with E-state index in [1.165, 1.54) is 19.2 Å². The number of hydrogen-bond donors (Lipinski definition) is 2. The molecule has 2 aromatic carbocycles. The lowest BCUT2D eigenvalue weighted by Crippen LogP contribution is -2.03. The Balaban J connectivity index is 2.44. The second-order valence-electron chi connectivity index (χ2n) is 4.18. The molecule has 0 heterocycles. The molecule has 0 aromatic heterocycles. The van der Waals surface area contributed by atoms with Gasteiger partial charge >= 0.3 is 0 Å². The van der Waals surface area contributed by atoms with E-state index in [1.54, 1.807) is 18.2 Å². The average molecular weight is 281 g/mol. The van der Waals surface area contributed by atoms with Crippen LogP contribution < -0.4 is 16.2 Å². The van der Waals surface area contributed by atoms with Crippen molar-refractivity contribution < 1.29 is 9.13 Å². The summed E-state index contributed by atoms with van der Waals surface area (Å²) in [5, 5.41) is 0.429. The van der Waals surface area contributed by atoms with Crippen LogP contribution in [-0.4, -0.2) is 7.11 Å². The first-order valence-electron chi connectivity index (χ1n) is 5.67. The molecule has 0 aliphatic carbocycles. The van der Waals surface area contributed by atoms with Crippen LogP contribution in [0.5, 0.6) is 5.75 Å². The van der Waals surface area contributed by atoms with Gasteiger partial charge in [0.15, 0.2) is 0 Å². The van der Waals surface area contributed by atoms with Gasteiger partial charge in [-0.15, -0.1) is 0 Å². The largest absolute Gasteiger partial charge is 0.495 e. The first kappa shape index (κ1) is 13.5. The Kier molecular flexibility index (Phi) is 3.81. The molecule has 0 fully saturated rings. The third-order valence-electron chi connectivity index (χ3n) is 2.92. The summed E-state index contributed by atoms with van der Waals surface area (Å²) in [6, 6.07) is 7.74. The van der Waals surface area contributed by atoms with Crippen LogP contribution in [0.4, 0.5) is 15.8 Å². The lowest BCUT2D eigenvalue weighted by atomic mass is 10.0. The van der Waals surface area contributed by atoms with Gasteiger partial charge in [-0.05, 0) is 17.7 Å². The fourth-order valence-corrected chi connectivity index (χ4v) is 2.15. The maximum Gasteiger partial charge on any atom is 0.139 e. The van der Waals surface area contributed by atoms with Crippen molar-refractivity contribution in [2.45, 2.75) is 6.42 Å². The summed E-state index contributed by atoms with van der Waals surface area (Å²) < 4.78 is 18.0. The topological polar surface area (TPSA) is 61.3 Å². The zero-order valence-corrected chi connectivity index (χ0v) is 11.2. The number of methoxy groups -OCH3 is 1. The van der Waals surface area contributed by atoms with Gasteiger partial charge in [0.2, 0.25) is 0 Å². The van der Waals surface area contributed by atoms with Gasteiger partial charge < -0.3 is 16.2 Å². The summed E-state index contributed by atoms with van der Waals surface area (Å²) in [5.41, 5.74) is 14.2. The van der Waals surface area contributed by atoms with Crippen LogP contribution >= 0.6 is 11.6 Å². The van der Waals surface area contributed by atoms with Crippen molar-refractivity contribution in [3.63, 3.8) is 0 Å². The monoisotopic (exact) mass is 280 g/mol. The van der Waals surface area contributed by atoms with E-state index in [1.807, 2.05) is 0 Å². The van der Waals surface area contributed by atoms with Crippen LogP contribution in [-0.2, 0) is 6.42 Å². The molecule has 0 aliphatic heterocycles. The quantitative estimate of drug-likeness (QED) is 0.849. The number of nitrogen functional groups attached to an aromatic ring is 2. The summed E-state index contributed by atoms with van der Waals surface area (Å²) in [4.78, 5) is 0. The normalized spacial score (nSPS) is 10.5. The fraction of sp³-hybridized carbons (Fsp3) is 0.143. The molecule has 0 spiro atoms. The Bertz CT molecular complexity index is 599. The lowest BCUT2D eigenvalue weighted by molar-refractivity contribution is 0.415. The van der Waals surface area contributed by atoms with Crippen molar-refractivity contribution in [3.8, 4) is 5.75 Å². The van der Waals surface area contributed by atoms with E-state index in [4.69, 9.17) is 27.8 Å². The van der Waals surface area contributed by atoms with Gasteiger partial charge in [0, 0.05) is 18.1 Å². The Morgan fingerprint density at radius 3 is 2.42 bits per heavy atom. The van der Waals surface area contributed by atoms with Crippen LogP contribution in [0.3, 0.4) is 0 Å². The molecule has 0 unspecified atom stereocenters. The minimum absolute atomic E-state index is 0.284. The molecule has 0 atom stereocenters. The SMILES string of the molecule is COc1cc(N)c(N)c(Cc2ccc(F)cc2)c1Cl. The molecule has 0 saturated heterocycles. The Labute approximate surface area is 115 Å². The molecular formula is C14H14ClFN2O. The first-order valence-corrected chi connectivity index (χ1v) is 6.05. The van der Waals surface area contributed by atoms with Crippen molar-refractivity contribution in [3.05, 3.63) is 52.3 Å². The minimum atomic E-state index is -0.284. The second-order valence-corrected chi connectivity index (χ2v) is 4.56. The number of anilines is 2. The molecular weight excluding hydrogens is 267 g/mol. The molecule has 3 nitrogen and oxygen atoms in total. The van der Waals surface area contributed by atoms with Crippen molar-refractivity contribution >= 4 is 23.0 Å². The summed E-state index contributed by atoms with van der Waals surface area (Å²) in [5.74, 6) is 0.193. The van der Waals surface area contributed by atoms with E-state index in [0.29, 0.717) is 34.1 Å². The zero-order chi connectivity index (χ0) is 14.0. The Morgan fingerprint density at radius 2 is 1.84 bits per heavy atom. The van der Waals surface area contributed by atoms with Gasteiger partial charge in [-0.2, -0.15) is 0 Å².